The Morgan fingerprint density at radius 3 is 2.93 bits per heavy atom. The molecule has 0 amide bonds. The van der Waals surface area contributed by atoms with Crippen LogP contribution in [0.25, 0.3) is 0 Å². The van der Waals surface area contributed by atoms with E-state index in [4.69, 9.17) is 9.47 Å². The third-order valence-electron chi connectivity index (χ3n) is 2.28. The molecule has 4 nitrogen and oxygen atoms in total. The first-order valence-corrected chi connectivity index (χ1v) is 5.46. The second-order valence-corrected chi connectivity index (χ2v) is 3.68. The summed E-state index contributed by atoms with van der Waals surface area (Å²) in [6, 6.07) is 0.487. The van der Waals surface area contributed by atoms with Crippen LogP contribution in [0.1, 0.15) is 13.8 Å². The normalized spacial score (nSPS) is 24.9. The Kier molecular flexibility index (Phi) is 6.10. The van der Waals surface area contributed by atoms with Crippen LogP contribution in [0.5, 0.6) is 0 Å². The maximum atomic E-state index is 5.52. The molecule has 14 heavy (non-hydrogen) atoms. The minimum atomic E-state index is 0.229. The molecule has 1 aliphatic heterocycles. The standard InChI is InChI=1S/C10H22N2O2/c1-3-11-6-9(2)12-7-10-8-13-4-5-14-10/h9-12H,3-8H2,1-2H3. The van der Waals surface area contributed by atoms with Crippen molar-refractivity contribution in [3.05, 3.63) is 0 Å². The summed E-state index contributed by atoms with van der Waals surface area (Å²) in [5.41, 5.74) is 0. The molecular formula is C10H22N2O2. The highest BCUT2D eigenvalue weighted by Gasteiger charge is 2.14. The lowest BCUT2D eigenvalue weighted by Crippen LogP contribution is -2.43. The van der Waals surface area contributed by atoms with Crippen LogP contribution in [0.2, 0.25) is 0 Å². The van der Waals surface area contributed by atoms with Gasteiger partial charge in [0.05, 0.1) is 25.9 Å². The third kappa shape index (κ3) is 4.91. The fraction of sp³-hybridized carbons (Fsp3) is 1.00. The van der Waals surface area contributed by atoms with Gasteiger partial charge in [-0.15, -0.1) is 0 Å². The Bertz CT molecular complexity index is 138. The first-order chi connectivity index (χ1) is 6.83. The molecule has 4 heteroatoms. The first-order valence-electron chi connectivity index (χ1n) is 5.46. The molecule has 1 rings (SSSR count). The van der Waals surface area contributed by atoms with Crippen LogP contribution in [0.15, 0.2) is 0 Å². The molecule has 0 aromatic rings. The van der Waals surface area contributed by atoms with Gasteiger partial charge in [-0.25, -0.2) is 0 Å². The quantitative estimate of drug-likeness (QED) is 0.636. The van der Waals surface area contributed by atoms with Crippen LogP contribution < -0.4 is 10.6 Å². The topological polar surface area (TPSA) is 42.5 Å². The van der Waals surface area contributed by atoms with E-state index in [2.05, 4.69) is 24.5 Å². The van der Waals surface area contributed by atoms with Gasteiger partial charge in [0.2, 0.25) is 0 Å². The smallest absolute Gasteiger partial charge is 0.0933 e. The summed E-state index contributed by atoms with van der Waals surface area (Å²) < 4.78 is 10.8. The van der Waals surface area contributed by atoms with Crippen molar-refractivity contribution in [2.45, 2.75) is 26.0 Å². The number of nitrogens with one attached hydrogen (secondary N) is 2. The second-order valence-electron chi connectivity index (χ2n) is 3.68. The van der Waals surface area contributed by atoms with E-state index in [0.29, 0.717) is 6.04 Å². The van der Waals surface area contributed by atoms with Gasteiger partial charge in [-0.2, -0.15) is 0 Å². The molecule has 0 bridgehead atoms. The zero-order chi connectivity index (χ0) is 10.2. The highest BCUT2D eigenvalue weighted by molar-refractivity contribution is 4.69. The lowest BCUT2D eigenvalue weighted by atomic mass is 10.3. The van der Waals surface area contributed by atoms with E-state index >= 15 is 0 Å². The summed E-state index contributed by atoms with van der Waals surface area (Å²) in [4.78, 5) is 0. The Hall–Kier alpha value is -0.160. The SMILES string of the molecule is CCNCC(C)NCC1COCCO1. The van der Waals surface area contributed by atoms with Crippen LogP contribution in [0, 0.1) is 0 Å². The summed E-state index contributed by atoms with van der Waals surface area (Å²) in [6.07, 6.45) is 0.229. The van der Waals surface area contributed by atoms with Crippen LogP contribution in [0.4, 0.5) is 0 Å². The van der Waals surface area contributed by atoms with Crippen molar-refractivity contribution < 1.29 is 9.47 Å². The van der Waals surface area contributed by atoms with Gasteiger partial charge in [-0.3, -0.25) is 0 Å². The number of hydrogen-bond acceptors (Lipinski definition) is 4. The molecule has 0 aliphatic carbocycles. The fourth-order valence-corrected chi connectivity index (χ4v) is 1.42. The molecule has 84 valence electrons. The molecule has 2 N–H and O–H groups in total. The molecule has 2 unspecified atom stereocenters. The largest absolute Gasteiger partial charge is 0.376 e. The summed E-state index contributed by atoms with van der Waals surface area (Å²) in [5.74, 6) is 0. The highest BCUT2D eigenvalue weighted by Crippen LogP contribution is 1.99. The fourth-order valence-electron chi connectivity index (χ4n) is 1.42. The van der Waals surface area contributed by atoms with Crippen molar-refractivity contribution in [3.8, 4) is 0 Å². The molecule has 0 saturated carbocycles. The number of rotatable bonds is 6. The minimum absolute atomic E-state index is 0.229. The molecule has 1 heterocycles. The van der Waals surface area contributed by atoms with Crippen molar-refractivity contribution >= 4 is 0 Å². The van der Waals surface area contributed by atoms with Crippen molar-refractivity contribution in [1.82, 2.24) is 10.6 Å². The summed E-state index contributed by atoms with van der Waals surface area (Å²) in [6.45, 7) is 9.39. The summed E-state index contributed by atoms with van der Waals surface area (Å²) in [7, 11) is 0. The monoisotopic (exact) mass is 202 g/mol. The van der Waals surface area contributed by atoms with Crippen molar-refractivity contribution in [3.63, 3.8) is 0 Å². The lowest BCUT2D eigenvalue weighted by Gasteiger charge is -2.25. The van der Waals surface area contributed by atoms with Gasteiger partial charge in [0.15, 0.2) is 0 Å². The van der Waals surface area contributed by atoms with E-state index in [1.807, 2.05) is 0 Å². The molecule has 0 aromatic heterocycles. The highest BCUT2D eigenvalue weighted by atomic mass is 16.6. The van der Waals surface area contributed by atoms with Crippen LogP contribution in [0.3, 0.4) is 0 Å². The number of hydrogen-bond donors (Lipinski definition) is 2. The first kappa shape index (κ1) is 11.9. The van der Waals surface area contributed by atoms with E-state index in [0.717, 1.165) is 39.5 Å². The van der Waals surface area contributed by atoms with Crippen molar-refractivity contribution in [2.24, 2.45) is 0 Å². The van der Waals surface area contributed by atoms with Crippen molar-refractivity contribution in [2.75, 3.05) is 39.5 Å². The predicted molar refractivity (Wildman–Crippen MR) is 56.6 cm³/mol. The second kappa shape index (κ2) is 7.17. The van der Waals surface area contributed by atoms with Gasteiger partial charge in [0.1, 0.15) is 0 Å². The number of likely N-dealkylation sites (N-methyl/N-ethyl adjacent to an activating group) is 1. The average Bonchev–Trinajstić information content (AvgIpc) is 2.25. The summed E-state index contributed by atoms with van der Waals surface area (Å²) in [5, 5.41) is 6.72. The maximum absolute atomic E-state index is 5.52. The van der Waals surface area contributed by atoms with Gasteiger partial charge < -0.3 is 20.1 Å². The average molecular weight is 202 g/mol. The van der Waals surface area contributed by atoms with Gasteiger partial charge in [0, 0.05) is 19.1 Å². The Labute approximate surface area is 86.3 Å². The Morgan fingerprint density at radius 2 is 2.29 bits per heavy atom. The predicted octanol–water partition coefficient (Wildman–Crippen LogP) is -0.0106. The number of ether oxygens (including phenoxy) is 2. The van der Waals surface area contributed by atoms with Gasteiger partial charge in [-0.1, -0.05) is 6.92 Å². The lowest BCUT2D eigenvalue weighted by molar-refractivity contribution is -0.0869. The van der Waals surface area contributed by atoms with Crippen LogP contribution >= 0.6 is 0 Å². The Balaban J connectivity index is 2.00. The molecule has 2 atom stereocenters. The Morgan fingerprint density at radius 1 is 1.43 bits per heavy atom. The van der Waals surface area contributed by atoms with Gasteiger partial charge in [0.25, 0.3) is 0 Å². The van der Waals surface area contributed by atoms with E-state index in [-0.39, 0.29) is 6.10 Å². The molecular weight excluding hydrogens is 180 g/mol. The van der Waals surface area contributed by atoms with E-state index < -0.39 is 0 Å². The molecule has 1 saturated heterocycles. The van der Waals surface area contributed by atoms with E-state index in [9.17, 15) is 0 Å². The summed E-state index contributed by atoms with van der Waals surface area (Å²) >= 11 is 0. The minimum Gasteiger partial charge on any atom is -0.376 e. The van der Waals surface area contributed by atoms with Crippen LogP contribution in [-0.2, 0) is 9.47 Å². The molecule has 0 radical (unpaired) electrons. The van der Waals surface area contributed by atoms with E-state index in [1.54, 1.807) is 0 Å². The van der Waals surface area contributed by atoms with E-state index in [1.165, 1.54) is 0 Å². The molecule has 1 fully saturated rings. The maximum Gasteiger partial charge on any atom is 0.0933 e. The third-order valence-corrected chi connectivity index (χ3v) is 2.28. The van der Waals surface area contributed by atoms with Gasteiger partial charge in [-0.05, 0) is 13.5 Å². The zero-order valence-corrected chi connectivity index (χ0v) is 9.21. The zero-order valence-electron chi connectivity index (χ0n) is 9.21. The molecule has 0 aromatic carbocycles. The van der Waals surface area contributed by atoms with Crippen molar-refractivity contribution in [1.29, 1.82) is 0 Å². The molecule has 1 aliphatic rings. The van der Waals surface area contributed by atoms with Gasteiger partial charge >= 0.3 is 0 Å². The van der Waals surface area contributed by atoms with Crippen LogP contribution in [-0.4, -0.2) is 51.6 Å². The molecule has 0 spiro atoms.